The van der Waals surface area contributed by atoms with Crippen LogP contribution in [0.4, 0.5) is 4.39 Å². The Labute approximate surface area is 111 Å². The van der Waals surface area contributed by atoms with E-state index in [2.05, 4.69) is 0 Å². The third-order valence-corrected chi connectivity index (χ3v) is 2.50. The zero-order chi connectivity index (χ0) is 13.5. The van der Waals surface area contributed by atoms with Crippen LogP contribution in [0.25, 0.3) is 0 Å². The highest BCUT2D eigenvalue weighted by Gasteiger charge is 1.99. The summed E-state index contributed by atoms with van der Waals surface area (Å²) in [7, 11) is 0. The van der Waals surface area contributed by atoms with Crippen molar-refractivity contribution >= 4 is 0 Å². The molecule has 0 spiro atoms. The summed E-state index contributed by atoms with van der Waals surface area (Å²) in [5.74, 6) is 1.21. The fraction of sp³-hybridized carbons (Fsp3) is 0.200. The quantitative estimate of drug-likeness (QED) is 0.869. The van der Waals surface area contributed by atoms with Crippen molar-refractivity contribution in [3.8, 4) is 11.5 Å². The predicted molar refractivity (Wildman–Crippen MR) is 71.7 cm³/mol. The molecule has 2 aromatic carbocycles. The van der Waals surface area contributed by atoms with E-state index in [1.807, 2.05) is 30.3 Å². The Bertz CT molecular complexity index is 514. The summed E-state index contributed by atoms with van der Waals surface area (Å²) in [4.78, 5) is 0. The maximum Gasteiger partial charge on any atom is 0.123 e. The first-order valence-corrected chi connectivity index (χ1v) is 6.08. The van der Waals surface area contributed by atoms with Crippen LogP contribution in [-0.4, -0.2) is 13.2 Å². The fourth-order valence-electron chi connectivity index (χ4n) is 1.60. The average molecular weight is 261 g/mol. The normalized spacial score (nSPS) is 10.2. The number of ether oxygens (including phenoxy) is 2. The van der Waals surface area contributed by atoms with E-state index >= 15 is 0 Å². The Morgan fingerprint density at radius 2 is 1.63 bits per heavy atom. The van der Waals surface area contributed by atoms with E-state index in [1.165, 1.54) is 12.1 Å². The van der Waals surface area contributed by atoms with Crippen LogP contribution in [0.1, 0.15) is 5.56 Å². The molecule has 0 atom stereocenters. The summed E-state index contributed by atoms with van der Waals surface area (Å²) in [5, 5.41) is 0. The molecule has 2 aromatic rings. The van der Waals surface area contributed by atoms with Crippen LogP contribution in [0.3, 0.4) is 0 Å². The van der Waals surface area contributed by atoms with Crippen molar-refractivity contribution in [3.05, 3.63) is 59.9 Å². The standard InChI is InChI=1S/C15H16FNO2/c16-13-3-1-2-12(10-13)11-19-15-6-4-14(5-7-15)18-9-8-17/h1-7,10H,8-9,11,17H2. The number of halogens is 1. The minimum atomic E-state index is -0.258. The molecule has 0 radical (unpaired) electrons. The predicted octanol–water partition coefficient (Wildman–Crippen LogP) is 2.74. The van der Waals surface area contributed by atoms with Gasteiger partial charge in [-0.3, -0.25) is 0 Å². The van der Waals surface area contributed by atoms with Crippen molar-refractivity contribution in [1.29, 1.82) is 0 Å². The third-order valence-electron chi connectivity index (χ3n) is 2.50. The molecule has 2 N–H and O–H groups in total. The molecular formula is C15H16FNO2. The summed E-state index contributed by atoms with van der Waals surface area (Å²) in [6.45, 7) is 1.31. The molecule has 0 amide bonds. The number of hydrogen-bond acceptors (Lipinski definition) is 3. The van der Waals surface area contributed by atoms with E-state index in [0.717, 1.165) is 11.3 Å². The highest BCUT2D eigenvalue weighted by molar-refractivity contribution is 5.31. The second-order valence-electron chi connectivity index (χ2n) is 4.03. The van der Waals surface area contributed by atoms with E-state index in [4.69, 9.17) is 15.2 Å². The van der Waals surface area contributed by atoms with Gasteiger partial charge in [0, 0.05) is 6.54 Å². The molecule has 0 aliphatic carbocycles. The van der Waals surface area contributed by atoms with Gasteiger partial charge >= 0.3 is 0 Å². The van der Waals surface area contributed by atoms with Gasteiger partial charge in [-0.1, -0.05) is 12.1 Å². The Morgan fingerprint density at radius 3 is 2.26 bits per heavy atom. The van der Waals surface area contributed by atoms with Crippen LogP contribution in [0.2, 0.25) is 0 Å². The summed E-state index contributed by atoms with van der Waals surface area (Å²) in [6, 6.07) is 13.6. The molecule has 19 heavy (non-hydrogen) atoms. The van der Waals surface area contributed by atoms with Crippen molar-refractivity contribution in [2.24, 2.45) is 5.73 Å². The van der Waals surface area contributed by atoms with E-state index in [1.54, 1.807) is 6.07 Å². The van der Waals surface area contributed by atoms with Gasteiger partial charge in [-0.2, -0.15) is 0 Å². The molecule has 0 aliphatic heterocycles. The lowest BCUT2D eigenvalue weighted by atomic mass is 10.2. The number of rotatable bonds is 6. The second-order valence-corrected chi connectivity index (χ2v) is 4.03. The molecule has 4 heteroatoms. The van der Waals surface area contributed by atoms with Crippen molar-refractivity contribution in [3.63, 3.8) is 0 Å². The first-order chi connectivity index (χ1) is 9.28. The van der Waals surface area contributed by atoms with Crippen LogP contribution in [0.15, 0.2) is 48.5 Å². The molecular weight excluding hydrogens is 245 g/mol. The van der Waals surface area contributed by atoms with Gasteiger partial charge in [-0.25, -0.2) is 4.39 Å². The number of nitrogens with two attached hydrogens (primary N) is 1. The fourth-order valence-corrected chi connectivity index (χ4v) is 1.60. The molecule has 0 saturated heterocycles. The molecule has 0 heterocycles. The monoisotopic (exact) mass is 261 g/mol. The van der Waals surface area contributed by atoms with Gasteiger partial charge in [0.05, 0.1) is 0 Å². The number of hydrogen-bond donors (Lipinski definition) is 1. The molecule has 0 aromatic heterocycles. The van der Waals surface area contributed by atoms with Crippen molar-refractivity contribution in [1.82, 2.24) is 0 Å². The van der Waals surface area contributed by atoms with Crippen molar-refractivity contribution in [2.45, 2.75) is 6.61 Å². The summed E-state index contributed by atoms with van der Waals surface area (Å²) in [6.07, 6.45) is 0. The first kappa shape index (κ1) is 13.4. The van der Waals surface area contributed by atoms with Gasteiger partial charge in [0.2, 0.25) is 0 Å². The van der Waals surface area contributed by atoms with Crippen LogP contribution < -0.4 is 15.2 Å². The van der Waals surface area contributed by atoms with Gasteiger partial charge in [0.1, 0.15) is 30.5 Å². The van der Waals surface area contributed by atoms with Gasteiger partial charge in [0.25, 0.3) is 0 Å². The minimum absolute atomic E-state index is 0.258. The van der Waals surface area contributed by atoms with Gasteiger partial charge < -0.3 is 15.2 Å². The van der Waals surface area contributed by atoms with E-state index in [0.29, 0.717) is 25.5 Å². The SMILES string of the molecule is NCCOc1ccc(OCc2cccc(F)c2)cc1. The number of benzene rings is 2. The molecule has 3 nitrogen and oxygen atoms in total. The average Bonchev–Trinajstić information content (AvgIpc) is 2.44. The van der Waals surface area contributed by atoms with Gasteiger partial charge in [-0.15, -0.1) is 0 Å². The van der Waals surface area contributed by atoms with E-state index in [9.17, 15) is 4.39 Å². The van der Waals surface area contributed by atoms with E-state index in [-0.39, 0.29) is 5.82 Å². The van der Waals surface area contributed by atoms with Crippen LogP contribution in [0, 0.1) is 5.82 Å². The molecule has 2 rings (SSSR count). The molecule has 0 aliphatic rings. The lowest BCUT2D eigenvalue weighted by Crippen LogP contribution is -2.10. The molecule has 100 valence electrons. The largest absolute Gasteiger partial charge is 0.492 e. The van der Waals surface area contributed by atoms with Gasteiger partial charge in [0.15, 0.2) is 0 Å². The van der Waals surface area contributed by atoms with Gasteiger partial charge in [-0.05, 0) is 42.0 Å². The smallest absolute Gasteiger partial charge is 0.123 e. The highest BCUT2D eigenvalue weighted by atomic mass is 19.1. The van der Waals surface area contributed by atoms with Crippen molar-refractivity contribution < 1.29 is 13.9 Å². The topological polar surface area (TPSA) is 44.5 Å². The Balaban J connectivity index is 1.89. The zero-order valence-electron chi connectivity index (χ0n) is 10.5. The van der Waals surface area contributed by atoms with Crippen LogP contribution >= 0.6 is 0 Å². The second kappa shape index (κ2) is 6.75. The maximum atomic E-state index is 13.0. The van der Waals surface area contributed by atoms with Crippen molar-refractivity contribution in [2.75, 3.05) is 13.2 Å². The summed E-state index contributed by atoms with van der Waals surface area (Å²) < 4.78 is 23.9. The summed E-state index contributed by atoms with van der Waals surface area (Å²) >= 11 is 0. The zero-order valence-corrected chi connectivity index (χ0v) is 10.5. The molecule has 0 fully saturated rings. The lowest BCUT2D eigenvalue weighted by Gasteiger charge is -2.08. The minimum Gasteiger partial charge on any atom is -0.492 e. The Morgan fingerprint density at radius 1 is 0.947 bits per heavy atom. The first-order valence-electron chi connectivity index (χ1n) is 6.08. The molecule has 0 bridgehead atoms. The van der Waals surface area contributed by atoms with Crippen LogP contribution in [0.5, 0.6) is 11.5 Å². The van der Waals surface area contributed by atoms with Crippen LogP contribution in [-0.2, 0) is 6.61 Å². The molecule has 0 saturated carbocycles. The van der Waals surface area contributed by atoms with E-state index < -0.39 is 0 Å². The lowest BCUT2D eigenvalue weighted by molar-refractivity contribution is 0.302. The summed E-state index contributed by atoms with van der Waals surface area (Å²) in [5.41, 5.74) is 6.15. The third kappa shape index (κ3) is 4.26. The Kier molecular flexibility index (Phi) is 4.75. The highest BCUT2D eigenvalue weighted by Crippen LogP contribution is 2.18. The Hall–Kier alpha value is -2.07. The molecule has 0 unspecified atom stereocenters. The maximum absolute atomic E-state index is 13.0.